The van der Waals surface area contributed by atoms with Gasteiger partial charge in [0.2, 0.25) is 0 Å². The maximum Gasteiger partial charge on any atom is 0.123 e. The van der Waals surface area contributed by atoms with Crippen molar-refractivity contribution >= 4 is 0 Å². The second-order valence-electron chi connectivity index (χ2n) is 4.57. The van der Waals surface area contributed by atoms with E-state index < -0.39 is 0 Å². The van der Waals surface area contributed by atoms with Crippen molar-refractivity contribution in [3.63, 3.8) is 0 Å². The fourth-order valence-corrected chi connectivity index (χ4v) is 2.14. The van der Waals surface area contributed by atoms with Gasteiger partial charge >= 0.3 is 0 Å². The molecule has 19 heavy (non-hydrogen) atoms. The zero-order chi connectivity index (χ0) is 13.7. The van der Waals surface area contributed by atoms with Gasteiger partial charge in [0.25, 0.3) is 0 Å². The van der Waals surface area contributed by atoms with Gasteiger partial charge in [-0.05, 0) is 37.6 Å². The maximum absolute atomic E-state index is 12.9. The van der Waals surface area contributed by atoms with Crippen LogP contribution in [0.25, 0.3) is 0 Å². The summed E-state index contributed by atoms with van der Waals surface area (Å²) in [6.07, 6.45) is 4.81. The molecular weight excluding hydrogens is 241 g/mol. The molecule has 1 N–H and O–H groups in total. The molecule has 2 aromatic rings. The van der Waals surface area contributed by atoms with Gasteiger partial charge in [-0.1, -0.05) is 19.1 Å². The monoisotopic (exact) mass is 261 g/mol. The van der Waals surface area contributed by atoms with Gasteiger partial charge in [-0.3, -0.25) is 4.68 Å². The molecule has 0 aliphatic carbocycles. The van der Waals surface area contributed by atoms with Crippen LogP contribution in [0.5, 0.6) is 0 Å². The lowest BCUT2D eigenvalue weighted by Gasteiger charge is -2.16. The number of hydrogen-bond acceptors (Lipinski definition) is 2. The fraction of sp³-hybridized carbons (Fsp3) is 0.400. The number of aromatic nitrogens is 2. The van der Waals surface area contributed by atoms with Crippen molar-refractivity contribution in [1.29, 1.82) is 0 Å². The number of rotatable bonds is 6. The Labute approximate surface area is 113 Å². The lowest BCUT2D eigenvalue weighted by Crippen LogP contribution is -2.22. The minimum atomic E-state index is -0.192. The van der Waals surface area contributed by atoms with Gasteiger partial charge in [-0.25, -0.2) is 4.39 Å². The Morgan fingerprint density at radius 2 is 2.00 bits per heavy atom. The Bertz CT molecular complexity index is 504. The number of nitrogens with zero attached hydrogens (tertiary/aromatic N) is 2. The van der Waals surface area contributed by atoms with Crippen LogP contribution in [0.2, 0.25) is 0 Å². The third-order valence-corrected chi connectivity index (χ3v) is 3.18. The fourth-order valence-electron chi connectivity index (χ4n) is 2.14. The summed E-state index contributed by atoms with van der Waals surface area (Å²) in [5, 5.41) is 7.76. The molecule has 4 heteroatoms. The van der Waals surface area contributed by atoms with Gasteiger partial charge in [-0.2, -0.15) is 5.10 Å². The number of likely N-dealkylation sites (N-methyl/N-ethyl adjacent to an activating group) is 1. The molecule has 0 saturated carbocycles. The highest BCUT2D eigenvalue weighted by molar-refractivity contribution is 5.21. The van der Waals surface area contributed by atoms with Crippen molar-refractivity contribution in [2.24, 2.45) is 0 Å². The van der Waals surface area contributed by atoms with Crippen molar-refractivity contribution in [3.8, 4) is 0 Å². The molecule has 0 bridgehead atoms. The second-order valence-corrected chi connectivity index (χ2v) is 4.57. The van der Waals surface area contributed by atoms with Gasteiger partial charge in [-0.15, -0.1) is 0 Å². The molecule has 0 radical (unpaired) electrons. The first-order valence-corrected chi connectivity index (χ1v) is 6.73. The van der Waals surface area contributed by atoms with Crippen LogP contribution >= 0.6 is 0 Å². The van der Waals surface area contributed by atoms with Crippen LogP contribution in [0.4, 0.5) is 4.39 Å². The Hall–Kier alpha value is -1.68. The van der Waals surface area contributed by atoms with E-state index in [0.717, 1.165) is 25.1 Å². The van der Waals surface area contributed by atoms with E-state index in [1.807, 2.05) is 23.0 Å². The smallest absolute Gasteiger partial charge is 0.123 e. The average Bonchev–Trinajstić information content (AvgIpc) is 2.89. The minimum Gasteiger partial charge on any atom is -0.310 e. The van der Waals surface area contributed by atoms with Crippen molar-refractivity contribution in [2.75, 3.05) is 6.54 Å². The molecule has 1 aromatic heterocycles. The molecule has 2 rings (SSSR count). The highest BCUT2D eigenvalue weighted by Crippen LogP contribution is 2.18. The lowest BCUT2D eigenvalue weighted by atomic mass is 10.0. The van der Waals surface area contributed by atoms with Crippen molar-refractivity contribution < 1.29 is 4.39 Å². The van der Waals surface area contributed by atoms with E-state index in [-0.39, 0.29) is 11.9 Å². The summed E-state index contributed by atoms with van der Waals surface area (Å²) in [7, 11) is 0. The molecule has 0 saturated heterocycles. The summed E-state index contributed by atoms with van der Waals surface area (Å²) in [5.41, 5.74) is 2.30. The zero-order valence-electron chi connectivity index (χ0n) is 11.4. The summed E-state index contributed by atoms with van der Waals surface area (Å²) < 4.78 is 14.8. The normalized spacial score (nSPS) is 12.6. The zero-order valence-corrected chi connectivity index (χ0v) is 11.4. The molecule has 1 atom stereocenters. The van der Waals surface area contributed by atoms with Gasteiger partial charge < -0.3 is 5.32 Å². The van der Waals surface area contributed by atoms with Crippen molar-refractivity contribution in [2.45, 2.75) is 32.9 Å². The minimum absolute atomic E-state index is 0.192. The van der Waals surface area contributed by atoms with Crippen LogP contribution in [-0.4, -0.2) is 16.3 Å². The highest BCUT2D eigenvalue weighted by atomic mass is 19.1. The first kappa shape index (κ1) is 13.7. The molecule has 0 fully saturated rings. The molecule has 1 unspecified atom stereocenters. The van der Waals surface area contributed by atoms with E-state index >= 15 is 0 Å². The van der Waals surface area contributed by atoms with E-state index in [9.17, 15) is 4.39 Å². The number of hydrogen-bond donors (Lipinski definition) is 1. The van der Waals surface area contributed by atoms with E-state index in [4.69, 9.17) is 0 Å². The summed E-state index contributed by atoms with van der Waals surface area (Å²) in [6.45, 7) is 5.92. The summed E-state index contributed by atoms with van der Waals surface area (Å²) in [4.78, 5) is 0. The van der Waals surface area contributed by atoms with Crippen LogP contribution in [0.15, 0.2) is 36.7 Å². The van der Waals surface area contributed by atoms with Crippen molar-refractivity contribution in [3.05, 3.63) is 53.6 Å². The topological polar surface area (TPSA) is 29.9 Å². The molecule has 0 amide bonds. The van der Waals surface area contributed by atoms with Gasteiger partial charge in [0.15, 0.2) is 0 Å². The molecule has 0 aliphatic rings. The predicted octanol–water partition coefficient (Wildman–Crippen LogP) is 2.94. The third kappa shape index (κ3) is 3.64. The second kappa shape index (κ2) is 6.48. The molecule has 1 heterocycles. The largest absolute Gasteiger partial charge is 0.310 e. The van der Waals surface area contributed by atoms with Gasteiger partial charge in [0, 0.05) is 24.3 Å². The van der Waals surface area contributed by atoms with E-state index in [1.165, 1.54) is 17.7 Å². The van der Waals surface area contributed by atoms with Crippen LogP contribution in [-0.2, 0) is 13.0 Å². The Balaban J connectivity index is 2.13. The first-order valence-electron chi connectivity index (χ1n) is 6.73. The Morgan fingerprint density at radius 3 is 2.58 bits per heavy atom. The Kier molecular flexibility index (Phi) is 4.68. The number of benzene rings is 1. The van der Waals surface area contributed by atoms with E-state index in [1.54, 1.807) is 0 Å². The summed E-state index contributed by atoms with van der Waals surface area (Å²) >= 11 is 0. The van der Waals surface area contributed by atoms with E-state index in [0.29, 0.717) is 0 Å². The van der Waals surface area contributed by atoms with Gasteiger partial charge in [0.1, 0.15) is 5.82 Å². The molecular formula is C15H20FN3. The predicted molar refractivity (Wildman–Crippen MR) is 74.4 cm³/mol. The molecule has 102 valence electrons. The molecule has 1 aromatic carbocycles. The number of halogens is 1. The summed E-state index contributed by atoms with van der Waals surface area (Å²) in [6, 6.07) is 6.91. The van der Waals surface area contributed by atoms with Crippen LogP contribution in [0.3, 0.4) is 0 Å². The lowest BCUT2D eigenvalue weighted by molar-refractivity contribution is 0.547. The van der Waals surface area contributed by atoms with Crippen LogP contribution in [0, 0.1) is 5.82 Å². The van der Waals surface area contributed by atoms with Crippen LogP contribution in [0.1, 0.15) is 31.0 Å². The highest BCUT2D eigenvalue weighted by Gasteiger charge is 2.13. The third-order valence-electron chi connectivity index (χ3n) is 3.18. The maximum atomic E-state index is 12.9. The molecule has 0 spiro atoms. The molecule has 0 aliphatic heterocycles. The quantitative estimate of drug-likeness (QED) is 0.866. The van der Waals surface area contributed by atoms with E-state index in [2.05, 4.69) is 30.5 Å². The SMILES string of the molecule is CCNC(Cc1ccc(F)cc1)c1cnn(CC)c1. The van der Waals surface area contributed by atoms with Crippen molar-refractivity contribution in [1.82, 2.24) is 15.1 Å². The average molecular weight is 261 g/mol. The molecule has 3 nitrogen and oxygen atoms in total. The summed E-state index contributed by atoms with van der Waals surface area (Å²) in [5.74, 6) is -0.192. The van der Waals surface area contributed by atoms with Crippen LogP contribution < -0.4 is 5.32 Å². The first-order chi connectivity index (χ1) is 9.22. The number of aryl methyl sites for hydroxylation is 1. The number of nitrogens with one attached hydrogen (secondary N) is 1. The van der Waals surface area contributed by atoms with Gasteiger partial charge in [0.05, 0.1) is 6.20 Å². The standard InChI is InChI=1S/C15H20FN3/c1-3-17-15(13-10-18-19(4-2)11-13)9-12-5-7-14(16)8-6-12/h5-8,10-11,15,17H,3-4,9H2,1-2H3. The Morgan fingerprint density at radius 1 is 1.26 bits per heavy atom.